The quantitative estimate of drug-likeness (QED) is 0.550. The van der Waals surface area contributed by atoms with E-state index in [2.05, 4.69) is 48.9 Å². The maximum Gasteiger partial charge on any atom is 0.0967 e. The molecule has 0 N–H and O–H groups in total. The third-order valence-corrected chi connectivity index (χ3v) is 3.27. The van der Waals surface area contributed by atoms with Crippen molar-refractivity contribution in [2.24, 2.45) is 0 Å². The van der Waals surface area contributed by atoms with Gasteiger partial charge < -0.3 is 0 Å². The number of hydrogen-bond acceptors (Lipinski definition) is 2. The number of nitrogens with zero attached hydrogens (tertiary/aromatic N) is 2. The second-order valence-corrected chi connectivity index (χ2v) is 5.65. The van der Waals surface area contributed by atoms with Gasteiger partial charge in [-0.25, -0.2) is 0 Å². The Morgan fingerprint density at radius 1 is 0.889 bits per heavy atom. The Morgan fingerprint density at radius 3 is 2.28 bits per heavy atom. The van der Waals surface area contributed by atoms with Crippen LogP contribution in [0.3, 0.4) is 0 Å². The molecule has 3 rings (SSSR count). The van der Waals surface area contributed by atoms with Gasteiger partial charge in [-0.15, -0.1) is 0 Å². The Kier molecular flexibility index (Phi) is 2.34. The highest BCUT2D eigenvalue weighted by Gasteiger charge is 2.19. The molecule has 3 aromatic rings. The first-order chi connectivity index (χ1) is 8.57. The van der Waals surface area contributed by atoms with E-state index in [1.165, 1.54) is 10.9 Å². The van der Waals surface area contributed by atoms with E-state index >= 15 is 0 Å². The van der Waals surface area contributed by atoms with Crippen LogP contribution in [0.4, 0.5) is 0 Å². The highest BCUT2D eigenvalue weighted by Crippen LogP contribution is 2.33. The Morgan fingerprint density at radius 2 is 1.56 bits per heavy atom. The summed E-state index contributed by atoms with van der Waals surface area (Å²) in [7, 11) is 0. The summed E-state index contributed by atoms with van der Waals surface area (Å²) in [5, 5.41) is 2.37. The molecule has 0 saturated heterocycles. The standard InChI is InChI=1S/C16H16N2/c1-16(2,3)13-10-11-6-4-8-17-14(11)15-12(13)7-5-9-18-15/h4-10H,1-3H3. The molecule has 0 saturated carbocycles. The molecule has 90 valence electrons. The molecule has 0 spiro atoms. The van der Waals surface area contributed by atoms with E-state index in [-0.39, 0.29) is 5.41 Å². The molecule has 0 radical (unpaired) electrons. The molecule has 0 amide bonds. The first-order valence-electron chi connectivity index (χ1n) is 6.20. The van der Waals surface area contributed by atoms with Crippen LogP contribution in [0.2, 0.25) is 0 Å². The van der Waals surface area contributed by atoms with Gasteiger partial charge >= 0.3 is 0 Å². The van der Waals surface area contributed by atoms with Gasteiger partial charge in [-0.2, -0.15) is 0 Å². The van der Waals surface area contributed by atoms with Crippen LogP contribution >= 0.6 is 0 Å². The molecule has 0 aliphatic heterocycles. The summed E-state index contributed by atoms with van der Waals surface area (Å²) in [4.78, 5) is 8.99. The fraction of sp³-hybridized carbons (Fsp3) is 0.250. The first-order valence-corrected chi connectivity index (χ1v) is 6.20. The van der Waals surface area contributed by atoms with Crippen LogP contribution < -0.4 is 0 Å². The van der Waals surface area contributed by atoms with E-state index in [4.69, 9.17) is 0 Å². The van der Waals surface area contributed by atoms with Gasteiger partial charge in [0.25, 0.3) is 0 Å². The van der Waals surface area contributed by atoms with Crippen molar-refractivity contribution in [1.82, 2.24) is 9.97 Å². The SMILES string of the molecule is CC(C)(C)c1cc2cccnc2c2ncccc12. The number of fused-ring (bicyclic) bond motifs is 3. The average molecular weight is 236 g/mol. The van der Waals surface area contributed by atoms with Crippen LogP contribution in [0.15, 0.2) is 42.7 Å². The molecular weight excluding hydrogens is 220 g/mol. The molecule has 0 unspecified atom stereocenters. The van der Waals surface area contributed by atoms with Crippen molar-refractivity contribution in [3.8, 4) is 0 Å². The molecule has 0 fully saturated rings. The monoisotopic (exact) mass is 236 g/mol. The van der Waals surface area contributed by atoms with Crippen LogP contribution in [0.5, 0.6) is 0 Å². The topological polar surface area (TPSA) is 25.8 Å². The lowest BCUT2D eigenvalue weighted by Gasteiger charge is -2.22. The minimum absolute atomic E-state index is 0.102. The number of aromatic nitrogens is 2. The molecule has 2 aromatic heterocycles. The summed E-state index contributed by atoms with van der Waals surface area (Å²) < 4.78 is 0. The number of benzene rings is 1. The van der Waals surface area contributed by atoms with Gasteiger partial charge in [-0.1, -0.05) is 32.9 Å². The van der Waals surface area contributed by atoms with Crippen molar-refractivity contribution in [1.29, 1.82) is 0 Å². The molecule has 0 aliphatic carbocycles. The van der Waals surface area contributed by atoms with Gasteiger partial charge in [0, 0.05) is 23.2 Å². The predicted octanol–water partition coefficient (Wildman–Crippen LogP) is 4.08. The summed E-state index contributed by atoms with van der Waals surface area (Å²) in [5.74, 6) is 0. The fourth-order valence-corrected chi connectivity index (χ4v) is 2.40. The summed E-state index contributed by atoms with van der Waals surface area (Å²) >= 11 is 0. The lowest BCUT2D eigenvalue weighted by Crippen LogP contribution is -2.12. The van der Waals surface area contributed by atoms with Crippen LogP contribution in [0.25, 0.3) is 21.8 Å². The maximum absolute atomic E-state index is 4.52. The molecular formula is C16H16N2. The Balaban J connectivity index is 2.55. The fourth-order valence-electron chi connectivity index (χ4n) is 2.40. The Hall–Kier alpha value is -1.96. The third kappa shape index (κ3) is 1.65. The summed E-state index contributed by atoms with van der Waals surface area (Å²) in [6.07, 6.45) is 3.66. The van der Waals surface area contributed by atoms with E-state index < -0.39 is 0 Å². The minimum Gasteiger partial charge on any atom is -0.254 e. The van der Waals surface area contributed by atoms with Crippen molar-refractivity contribution < 1.29 is 0 Å². The van der Waals surface area contributed by atoms with E-state index in [0.29, 0.717) is 0 Å². The molecule has 1 aromatic carbocycles. The van der Waals surface area contributed by atoms with Gasteiger partial charge in [0.2, 0.25) is 0 Å². The van der Waals surface area contributed by atoms with E-state index in [1.54, 1.807) is 0 Å². The second-order valence-electron chi connectivity index (χ2n) is 5.65. The molecule has 0 bridgehead atoms. The summed E-state index contributed by atoms with van der Waals surface area (Å²) in [6.45, 7) is 6.70. The smallest absolute Gasteiger partial charge is 0.0967 e. The molecule has 0 aliphatic rings. The van der Waals surface area contributed by atoms with Gasteiger partial charge in [-0.3, -0.25) is 9.97 Å². The minimum atomic E-state index is 0.102. The van der Waals surface area contributed by atoms with Gasteiger partial charge in [0.15, 0.2) is 0 Å². The van der Waals surface area contributed by atoms with E-state index in [9.17, 15) is 0 Å². The lowest BCUT2D eigenvalue weighted by molar-refractivity contribution is 0.596. The average Bonchev–Trinajstić information content (AvgIpc) is 2.37. The molecule has 2 heteroatoms. The second kappa shape index (κ2) is 3.77. The van der Waals surface area contributed by atoms with E-state index in [0.717, 1.165) is 16.4 Å². The lowest BCUT2D eigenvalue weighted by atomic mass is 9.83. The van der Waals surface area contributed by atoms with E-state index in [1.807, 2.05) is 24.5 Å². The zero-order valence-electron chi connectivity index (χ0n) is 10.9. The zero-order valence-corrected chi connectivity index (χ0v) is 10.9. The summed E-state index contributed by atoms with van der Waals surface area (Å²) in [5.41, 5.74) is 3.42. The Labute approximate surface area is 107 Å². The largest absolute Gasteiger partial charge is 0.254 e. The first kappa shape index (κ1) is 11.1. The van der Waals surface area contributed by atoms with Crippen LogP contribution in [-0.4, -0.2) is 9.97 Å². The van der Waals surface area contributed by atoms with Gasteiger partial charge in [-0.05, 0) is 29.2 Å². The van der Waals surface area contributed by atoms with Crippen LogP contribution in [0.1, 0.15) is 26.3 Å². The number of pyridine rings is 2. The highest BCUT2D eigenvalue weighted by atomic mass is 14.7. The molecule has 0 atom stereocenters. The summed E-state index contributed by atoms with van der Waals surface area (Å²) in [6, 6.07) is 10.4. The van der Waals surface area contributed by atoms with Crippen LogP contribution in [0, 0.1) is 0 Å². The third-order valence-electron chi connectivity index (χ3n) is 3.27. The molecule has 18 heavy (non-hydrogen) atoms. The van der Waals surface area contributed by atoms with Crippen LogP contribution in [-0.2, 0) is 5.41 Å². The van der Waals surface area contributed by atoms with Gasteiger partial charge in [0.05, 0.1) is 11.0 Å². The normalized spacial score (nSPS) is 12.2. The highest BCUT2D eigenvalue weighted by molar-refractivity contribution is 6.04. The number of hydrogen-bond donors (Lipinski definition) is 0. The molecule has 2 nitrogen and oxygen atoms in total. The van der Waals surface area contributed by atoms with Crippen molar-refractivity contribution >= 4 is 21.8 Å². The van der Waals surface area contributed by atoms with Crippen molar-refractivity contribution in [2.45, 2.75) is 26.2 Å². The van der Waals surface area contributed by atoms with Crippen molar-refractivity contribution in [2.75, 3.05) is 0 Å². The Bertz CT molecular complexity index is 724. The number of rotatable bonds is 0. The van der Waals surface area contributed by atoms with Crippen molar-refractivity contribution in [3.05, 3.63) is 48.3 Å². The van der Waals surface area contributed by atoms with Gasteiger partial charge in [0.1, 0.15) is 0 Å². The maximum atomic E-state index is 4.52. The molecule has 2 heterocycles. The predicted molar refractivity (Wildman–Crippen MR) is 75.7 cm³/mol. The zero-order chi connectivity index (χ0) is 12.8. The van der Waals surface area contributed by atoms with Crippen molar-refractivity contribution in [3.63, 3.8) is 0 Å².